The van der Waals surface area contributed by atoms with Crippen molar-refractivity contribution in [2.45, 2.75) is 19.3 Å². The van der Waals surface area contributed by atoms with Gasteiger partial charge >= 0.3 is 5.97 Å². The van der Waals surface area contributed by atoms with Crippen molar-refractivity contribution in [3.63, 3.8) is 0 Å². The Hall–Kier alpha value is -3.49. The molecular weight excluding hydrogens is 465 g/mol. The number of esters is 1. The first kappa shape index (κ1) is 25.8. The summed E-state index contributed by atoms with van der Waals surface area (Å²) in [5.74, 6) is -0.571. The number of aromatic nitrogens is 1. The second-order valence-corrected chi connectivity index (χ2v) is 7.33. The number of amidine groups is 2. The summed E-state index contributed by atoms with van der Waals surface area (Å²) in [5.41, 5.74) is 14.7. The number of carbonyl (C=O) groups excluding carboxylic acids is 1. The highest BCUT2D eigenvalue weighted by atomic mass is 35.5. The Balaban J connectivity index is 0.00000193. The number of ether oxygens (including phenoxy) is 1. The molecule has 0 radical (unpaired) electrons. The van der Waals surface area contributed by atoms with E-state index in [2.05, 4.69) is 4.98 Å². The Morgan fingerprint density at radius 3 is 2.27 bits per heavy atom. The molecule has 33 heavy (non-hydrogen) atoms. The van der Waals surface area contributed by atoms with Crippen molar-refractivity contribution in [3.05, 3.63) is 71.1 Å². The summed E-state index contributed by atoms with van der Waals surface area (Å²) >= 11 is 0. The van der Waals surface area contributed by atoms with Crippen molar-refractivity contribution in [1.29, 1.82) is 10.8 Å². The van der Waals surface area contributed by atoms with Gasteiger partial charge in [-0.1, -0.05) is 0 Å². The van der Waals surface area contributed by atoms with Gasteiger partial charge < -0.3 is 25.6 Å². The van der Waals surface area contributed by atoms with Crippen LogP contribution < -0.4 is 11.5 Å². The van der Waals surface area contributed by atoms with Gasteiger partial charge in [0.15, 0.2) is 0 Å². The van der Waals surface area contributed by atoms with E-state index < -0.39 is 5.92 Å². The van der Waals surface area contributed by atoms with Crippen LogP contribution in [0.5, 0.6) is 0 Å². The van der Waals surface area contributed by atoms with Crippen LogP contribution in [0.25, 0.3) is 21.9 Å². The summed E-state index contributed by atoms with van der Waals surface area (Å²) in [6.45, 7) is 2.03. The summed E-state index contributed by atoms with van der Waals surface area (Å²) in [7, 11) is 0. The minimum absolute atomic E-state index is 0. The van der Waals surface area contributed by atoms with E-state index in [1.54, 1.807) is 37.3 Å². The van der Waals surface area contributed by atoms with Gasteiger partial charge in [0, 0.05) is 39.5 Å². The van der Waals surface area contributed by atoms with Crippen LogP contribution in [0.4, 0.5) is 0 Å². The molecule has 10 heteroatoms. The fraction of sp³-hybridized carbons (Fsp3) is 0.174. The van der Waals surface area contributed by atoms with Gasteiger partial charge in [-0.15, -0.1) is 24.8 Å². The zero-order valence-corrected chi connectivity index (χ0v) is 19.4. The number of fused-ring (bicyclic) bond motifs is 2. The lowest BCUT2D eigenvalue weighted by molar-refractivity contribution is -0.145. The average Bonchev–Trinajstić information content (AvgIpc) is 3.33. The second kappa shape index (κ2) is 10.4. The molecule has 2 aromatic heterocycles. The summed E-state index contributed by atoms with van der Waals surface area (Å²) in [6.07, 6.45) is 0.350. The number of nitrogens with one attached hydrogen (secondary N) is 3. The molecule has 174 valence electrons. The number of hydrogen-bond donors (Lipinski definition) is 5. The summed E-state index contributed by atoms with van der Waals surface area (Å²) in [5, 5.41) is 16.9. The molecule has 4 aromatic rings. The van der Waals surface area contributed by atoms with Crippen LogP contribution in [0, 0.1) is 10.8 Å². The van der Waals surface area contributed by atoms with Gasteiger partial charge in [0.1, 0.15) is 28.9 Å². The van der Waals surface area contributed by atoms with Crippen LogP contribution in [0.1, 0.15) is 35.4 Å². The number of halogens is 2. The smallest absolute Gasteiger partial charge is 0.317 e. The molecule has 1 unspecified atom stereocenters. The molecule has 0 spiro atoms. The van der Waals surface area contributed by atoms with Crippen LogP contribution in [-0.4, -0.2) is 29.2 Å². The van der Waals surface area contributed by atoms with Crippen LogP contribution in [0.15, 0.2) is 52.9 Å². The maximum absolute atomic E-state index is 12.8. The minimum Gasteiger partial charge on any atom is -0.465 e. The monoisotopic (exact) mass is 489 g/mol. The van der Waals surface area contributed by atoms with Gasteiger partial charge in [-0.3, -0.25) is 15.6 Å². The Bertz CT molecular complexity index is 1330. The lowest BCUT2D eigenvalue weighted by atomic mass is 9.99. The molecule has 0 fully saturated rings. The van der Waals surface area contributed by atoms with E-state index in [1.165, 1.54) is 0 Å². The van der Waals surface area contributed by atoms with E-state index in [0.29, 0.717) is 28.9 Å². The van der Waals surface area contributed by atoms with Crippen LogP contribution >= 0.6 is 24.8 Å². The van der Waals surface area contributed by atoms with E-state index >= 15 is 0 Å². The molecule has 0 bridgehead atoms. The van der Waals surface area contributed by atoms with Crippen LogP contribution in [-0.2, 0) is 16.0 Å². The maximum atomic E-state index is 12.8. The van der Waals surface area contributed by atoms with Crippen molar-refractivity contribution in [2.75, 3.05) is 6.61 Å². The Morgan fingerprint density at radius 2 is 1.64 bits per heavy atom. The molecule has 0 aliphatic carbocycles. The third-order valence-corrected chi connectivity index (χ3v) is 5.17. The quantitative estimate of drug-likeness (QED) is 0.149. The second-order valence-electron chi connectivity index (χ2n) is 7.33. The van der Waals surface area contributed by atoms with Crippen LogP contribution in [0.3, 0.4) is 0 Å². The normalized spacial score (nSPS) is 11.4. The summed E-state index contributed by atoms with van der Waals surface area (Å²) in [6, 6.07) is 14.4. The summed E-state index contributed by atoms with van der Waals surface area (Å²) < 4.78 is 11.3. The number of nitrogen functional groups attached to an aromatic ring is 2. The van der Waals surface area contributed by atoms with Gasteiger partial charge in [-0.25, -0.2) is 0 Å². The zero-order chi connectivity index (χ0) is 22.1. The van der Waals surface area contributed by atoms with Crippen molar-refractivity contribution in [1.82, 2.24) is 4.98 Å². The summed E-state index contributed by atoms with van der Waals surface area (Å²) in [4.78, 5) is 16.1. The van der Waals surface area contributed by atoms with E-state index in [4.69, 9.17) is 31.4 Å². The molecule has 7 N–H and O–H groups in total. The molecule has 0 amide bonds. The lowest BCUT2D eigenvalue weighted by Gasteiger charge is -2.12. The van der Waals surface area contributed by atoms with Gasteiger partial charge in [-0.2, -0.15) is 0 Å². The van der Waals surface area contributed by atoms with Gasteiger partial charge in [-0.05, 0) is 55.5 Å². The molecule has 4 rings (SSSR count). The fourth-order valence-electron chi connectivity index (χ4n) is 3.64. The van der Waals surface area contributed by atoms with Crippen molar-refractivity contribution in [2.24, 2.45) is 11.5 Å². The predicted octanol–water partition coefficient (Wildman–Crippen LogP) is 4.22. The molecule has 8 nitrogen and oxygen atoms in total. The molecule has 0 aliphatic heterocycles. The van der Waals surface area contributed by atoms with Crippen molar-refractivity contribution < 1.29 is 13.9 Å². The van der Waals surface area contributed by atoms with Crippen molar-refractivity contribution >= 4 is 64.3 Å². The average molecular weight is 490 g/mol. The highest BCUT2D eigenvalue weighted by Crippen LogP contribution is 2.30. The number of rotatable bonds is 7. The lowest BCUT2D eigenvalue weighted by Crippen LogP contribution is -2.18. The third-order valence-electron chi connectivity index (χ3n) is 5.17. The third kappa shape index (κ3) is 5.30. The highest BCUT2D eigenvalue weighted by Gasteiger charge is 2.27. The molecule has 2 aromatic carbocycles. The van der Waals surface area contributed by atoms with Crippen LogP contribution in [0.2, 0.25) is 0 Å². The van der Waals surface area contributed by atoms with Gasteiger partial charge in [0.05, 0.1) is 6.61 Å². The molecule has 1 atom stereocenters. The number of furan rings is 1. The van der Waals surface area contributed by atoms with E-state index in [0.717, 1.165) is 22.0 Å². The predicted molar refractivity (Wildman–Crippen MR) is 134 cm³/mol. The first-order chi connectivity index (χ1) is 14.9. The van der Waals surface area contributed by atoms with E-state index in [9.17, 15) is 4.79 Å². The molecule has 0 aliphatic rings. The number of nitrogens with two attached hydrogens (primary N) is 2. The standard InChI is InChI=1S/C23H23N5O3.2ClH/c1-2-30-23(29)17(20-10-15-8-13(22(26)27)4-6-19(15)31-20)11-16-9-14-7-12(21(24)25)3-5-18(14)28-16;;/h3-10,17,28H,2,11H2,1H3,(H3,24,25)(H3,26,27);2*1H. The minimum atomic E-state index is -0.645. The Kier molecular flexibility index (Phi) is 8.13. The van der Waals surface area contributed by atoms with Gasteiger partial charge in [0.25, 0.3) is 0 Å². The Morgan fingerprint density at radius 1 is 1.00 bits per heavy atom. The molecular formula is C23H25Cl2N5O3. The zero-order valence-electron chi connectivity index (χ0n) is 17.8. The number of carbonyl (C=O) groups is 1. The van der Waals surface area contributed by atoms with E-state index in [1.807, 2.05) is 18.2 Å². The molecule has 0 saturated heterocycles. The first-order valence-electron chi connectivity index (χ1n) is 9.86. The number of aromatic amines is 1. The number of H-pyrrole nitrogens is 1. The molecule has 2 heterocycles. The topological polar surface area (TPSA) is 155 Å². The largest absolute Gasteiger partial charge is 0.465 e. The number of hydrogen-bond acceptors (Lipinski definition) is 5. The molecule has 0 saturated carbocycles. The maximum Gasteiger partial charge on any atom is 0.317 e. The Labute approximate surface area is 202 Å². The highest BCUT2D eigenvalue weighted by molar-refractivity contribution is 5.99. The van der Waals surface area contributed by atoms with E-state index in [-0.39, 0.29) is 49.1 Å². The fourth-order valence-corrected chi connectivity index (χ4v) is 3.64. The van der Waals surface area contributed by atoms with Crippen molar-refractivity contribution in [3.8, 4) is 0 Å². The van der Waals surface area contributed by atoms with Gasteiger partial charge in [0.2, 0.25) is 0 Å². The SMILES string of the molecule is CCOC(=O)C(Cc1cc2cc(C(=N)N)ccc2[nH]1)c1cc2cc(C(=N)N)ccc2o1.Cl.Cl. The first-order valence-corrected chi connectivity index (χ1v) is 9.86. The number of benzene rings is 2.